The molecular formula is C14H14Cl2N2O3S. The Bertz CT molecular complexity index is 649. The number of benzene rings is 1. The molecule has 0 saturated heterocycles. The molecule has 1 aromatic heterocycles. The normalized spacial score (nSPS) is 10.5. The molecule has 0 aliphatic carbocycles. The molecule has 22 heavy (non-hydrogen) atoms. The summed E-state index contributed by atoms with van der Waals surface area (Å²) in [5.41, 5.74) is 1.43. The van der Waals surface area contributed by atoms with E-state index in [1.807, 2.05) is 13.0 Å². The average molecular weight is 361 g/mol. The summed E-state index contributed by atoms with van der Waals surface area (Å²) in [6, 6.07) is 5.44. The Morgan fingerprint density at radius 2 is 2.18 bits per heavy atom. The molecule has 0 radical (unpaired) electrons. The third-order valence-electron chi connectivity index (χ3n) is 2.80. The number of hydrogen-bond acceptors (Lipinski definition) is 6. The van der Waals surface area contributed by atoms with E-state index >= 15 is 0 Å². The molecule has 1 heterocycles. The Kier molecular flexibility index (Phi) is 6.42. The molecule has 1 aromatic carbocycles. The van der Waals surface area contributed by atoms with Crippen molar-refractivity contribution in [1.82, 2.24) is 9.59 Å². The van der Waals surface area contributed by atoms with E-state index in [2.05, 4.69) is 9.59 Å². The van der Waals surface area contributed by atoms with Gasteiger partial charge in [-0.05, 0) is 37.1 Å². The second kappa shape index (κ2) is 8.31. The molecule has 5 nitrogen and oxygen atoms in total. The van der Waals surface area contributed by atoms with Gasteiger partial charge in [-0.3, -0.25) is 4.79 Å². The quantitative estimate of drug-likeness (QED) is 0.550. The lowest BCUT2D eigenvalue weighted by atomic mass is 10.2. The van der Waals surface area contributed by atoms with Crippen LogP contribution < -0.4 is 4.74 Å². The van der Waals surface area contributed by atoms with Crippen molar-refractivity contribution in [2.24, 2.45) is 0 Å². The van der Waals surface area contributed by atoms with Crippen molar-refractivity contribution < 1.29 is 14.3 Å². The van der Waals surface area contributed by atoms with Crippen LogP contribution in [0.25, 0.3) is 0 Å². The van der Waals surface area contributed by atoms with E-state index in [1.165, 1.54) is 0 Å². The molecule has 8 heteroatoms. The summed E-state index contributed by atoms with van der Waals surface area (Å²) in [5.74, 6) is 0.413. The van der Waals surface area contributed by atoms with Gasteiger partial charge in [0.1, 0.15) is 22.4 Å². The van der Waals surface area contributed by atoms with Crippen LogP contribution in [0.2, 0.25) is 9.36 Å². The van der Waals surface area contributed by atoms with Crippen molar-refractivity contribution >= 4 is 40.7 Å². The Hall–Kier alpha value is -1.37. The van der Waals surface area contributed by atoms with E-state index in [0.717, 1.165) is 22.8 Å². The van der Waals surface area contributed by atoms with E-state index < -0.39 is 0 Å². The predicted octanol–water partition coefficient (Wildman–Crippen LogP) is 4.06. The number of ether oxygens (including phenoxy) is 2. The molecule has 0 amide bonds. The lowest BCUT2D eigenvalue weighted by molar-refractivity contribution is -0.145. The van der Waals surface area contributed by atoms with Gasteiger partial charge < -0.3 is 9.47 Å². The Morgan fingerprint density at radius 3 is 2.86 bits per heavy atom. The lowest BCUT2D eigenvalue weighted by Crippen LogP contribution is -2.07. The smallest absolute Gasteiger partial charge is 0.306 e. The van der Waals surface area contributed by atoms with Crippen molar-refractivity contribution in [3.63, 3.8) is 0 Å². The maximum atomic E-state index is 11.6. The minimum absolute atomic E-state index is 0.0470. The van der Waals surface area contributed by atoms with Gasteiger partial charge in [0, 0.05) is 23.0 Å². The van der Waals surface area contributed by atoms with E-state index in [-0.39, 0.29) is 19.0 Å². The van der Waals surface area contributed by atoms with Crippen molar-refractivity contribution in [2.45, 2.75) is 26.4 Å². The summed E-state index contributed by atoms with van der Waals surface area (Å²) in [6.07, 6.45) is 0.825. The van der Waals surface area contributed by atoms with Crippen LogP contribution in [0.5, 0.6) is 5.75 Å². The highest BCUT2D eigenvalue weighted by atomic mass is 35.5. The van der Waals surface area contributed by atoms with Gasteiger partial charge in [0.15, 0.2) is 0 Å². The molecule has 0 unspecified atom stereocenters. The largest absolute Gasteiger partial charge is 0.494 e. The summed E-state index contributed by atoms with van der Waals surface area (Å²) in [4.78, 5) is 11.6. The molecule has 0 fully saturated rings. The summed E-state index contributed by atoms with van der Waals surface area (Å²) in [6.45, 7) is 2.38. The summed E-state index contributed by atoms with van der Waals surface area (Å²) >= 11 is 12.8. The van der Waals surface area contributed by atoms with E-state index in [4.69, 9.17) is 32.7 Å². The Labute approximate surface area is 142 Å². The fourth-order valence-electron chi connectivity index (χ4n) is 1.62. The number of carbonyl (C=O) groups excluding carboxylic acids is 1. The standard InChI is InChI=1S/C14H14Cl2N2O3S/c1-9-7-10(4-5-11(9)15)20-6-2-3-13(19)21-8-12-14(16)22-18-17-12/h4-5,7H,2-3,6,8H2,1H3. The molecule has 0 N–H and O–H groups in total. The molecule has 0 spiro atoms. The van der Waals surface area contributed by atoms with Crippen LogP contribution >= 0.6 is 34.7 Å². The Morgan fingerprint density at radius 1 is 1.36 bits per heavy atom. The van der Waals surface area contributed by atoms with Gasteiger partial charge in [-0.1, -0.05) is 27.7 Å². The van der Waals surface area contributed by atoms with Gasteiger partial charge in [0.2, 0.25) is 0 Å². The van der Waals surface area contributed by atoms with Crippen LogP contribution in [0.1, 0.15) is 24.1 Å². The number of aromatic nitrogens is 2. The fourth-order valence-corrected chi connectivity index (χ4v) is 2.34. The van der Waals surface area contributed by atoms with Crippen molar-refractivity contribution in [3.8, 4) is 5.75 Å². The number of esters is 1. The maximum Gasteiger partial charge on any atom is 0.306 e. The minimum Gasteiger partial charge on any atom is -0.494 e. The zero-order chi connectivity index (χ0) is 15.9. The molecule has 0 bridgehead atoms. The number of rotatable bonds is 7. The van der Waals surface area contributed by atoms with E-state index in [9.17, 15) is 4.79 Å². The second-order valence-electron chi connectivity index (χ2n) is 4.52. The second-order valence-corrected chi connectivity index (χ2v) is 6.28. The zero-order valence-electron chi connectivity index (χ0n) is 11.8. The highest BCUT2D eigenvalue weighted by molar-refractivity contribution is 7.10. The monoisotopic (exact) mass is 360 g/mol. The first-order valence-electron chi connectivity index (χ1n) is 6.57. The fraction of sp³-hybridized carbons (Fsp3) is 0.357. The molecule has 0 saturated carbocycles. The van der Waals surface area contributed by atoms with Gasteiger partial charge in [-0.15, -0.1) is 5.10 Å². The minimum atomic E-state index is -0.319. The topological polar surface area (TPSA) is 61.3 Å². The van der Waals surface area contributed by atoms with Crippen molar-refractivity contribution in [3.05, 3.63) is 38.8 Å². The van der Waals surface area contributed by atoms with Crippen LogP contribution in [-0.4, -0.2) is 22.2 Å². The first-order valence-corrected chi connectivity index (χ1v) is 8.10. The molecule has 0 atom stereocenters. The highest BCUT2D eigenvalue weighted by Crippen LogP contribution is 2.21. The third-order valence-corrected chi connectivity index (χ3v) is 4.21. The number of aryl methyl sites for hydroxylation is 1. The van der Waals surface area contributed by atoms with Gasteiger partial charge in [0.05, 0.1) is 6.61 Å². The first kappa shape index (κ1) is 17.0. The highest BCUT2D eigenvalue weighted by Gasteiger charge is 2.09. The maximum absolute atomic E-state index is 11.6. The van der Waals surface area contributed by atoms with Crippen LogP contribution in [0.4, 0.5) is 0 Å². The van der Waals surface area contributed by atoms with E-state index in [1.54, 1.807) is 12.1 Å². The van der Waals surface area contributed by atoms with Crippen LogP contribution in [-0.2, 0) is 16.1 Å². The van der Waals surface area contributed by atoms with Crippen molar-refractivity contribution in [1.29, 1.82) is 0 Å². The van der Waals surface area contributed by atoms with E-state index in [0.29, 0.717) is 28.1 Å². The SMILES string of the molecule is Cc1cc(OCCCC(=O)OCc2nnsc2Cl)ccc1Cl. The molecule has 2 aromatic rings. The number of nitrogens with zero attached hydrogens (tertiary/aromatic N) is 2. The van der Waals surface area contributed by atoms with Crippen LogP contribution in [0, 0.1) is 6.92 Å². The molecular weight excluding hydrogens is 347 g/mol. The molecule has 0 aliphatic heterocycles. The average Bonchev–Trinajstić information content (AvgIpc) is 2.90. The first-order chi connectivity index (χ1) is 10.6. The summed E-state index contributed by atoms with van der Waals surface area (Å²) < 4.78 is 14.7. The molecule has 0 aliphatic rings. The van der Waals surface area contributed by atoms with Gasteiger partial charge in [0.25, 0.3) is 0 Å². The van der Waals surface area contributed by atoms with Gasteiger partial charge in [-0.2, -0.15) is 0 Å². The lowest BCUT2D eigenvalue weighted by Gasteiger charge is -2.07. The zero-order valence-corrected chi connectivity index (χ0v) is 14.2. The number of halogens is 2. The van der Waals surface area contributed by atoms with Crippen LogP contribution in [0.3, 0.4) is 0 Å². The summed E-state index contributed by atoms with van der Waals surface area (Å²) in [5, 5.41) is 4.46. The number of hydrogen-bond donors (Lipinski definition) is 0. The Balaban J connectivity index is 1.64. The predicted molar refractivity (Wildman–Crippen MR) is 85.6 cm³/mol. The summed E-state index contributed by atoms with van der Waals surface area (Å²) in [7, 11) is 0. The van der Waals surface area contributed by atoms with Crippen LogP contribution in [0.15, 0.2) is 18.2 Å². The molecule has 2 rings (SSSR count). The van der Waals surface area contributed by atoms with Gasteiger partial charge in [-0.25, -0.2) is 0 Å². The number of carbonyl (C=O) groups is 1. The third kappa shape index (κ3) is 5.12. The van der Waals surface area contributed by atoms with Crippen molar-refractivity contribution in [2.75, 3.05) is 6.61 Å². The molecule has 118 valence electrons. The van der Waals surface area contributed by atoms with Gasteiger partial charge >= 0.3 is 5.97 Å².